The Balaban J connectivity index is 1.77. The lowest BCUT2D eigenvalue weighted by atomic mass is 9.96. The van der Waals surface area contributed by atoms with Gasteiger partial charge >= 0.3 is 12.2 Å². The summed E-state index contributed by atoms with van der Waals surface area (Å²) in [5, 5.41) is 10.00. The maximum atomic E-state index is 13.6. The number of alkyl halides is 3. The molecule has 0 aliphatic rings. The fourth-order valence-electron chi connectivity index (χ4n) is 4.01. The normalized spacial score (nSPS) is 11.7. The molecular weight excluding hydrogens is 429 g/mol. The summed E-state index contributed by atoms with van der Waals surface area (Å²) < 4.78 is 42.2. The summed E-state index contributed by atoms with van der Waals surface area (Å²) in [6.07, 6.45) is -4.61. The van der Waals surface area contributed by atoms with E-state index in [1.807, 2.05) is 48.5 Å². The first kappa shape index (κ1) is 20.6. The van der Waals surface area contributed by atoms with Gasteiger partial charge in [0.1, 0.15) is 0 Å². The maximum absolute atomic E-state index is 13.6. The van der Waals surface area contributed by atoms with Gasteiger partial charge in [0.05, 0.1) is 11.4 Å². The Bertz CT molecular complexity index is 1500. The molecule has 0 atom stereocenters. The van der Waals surface area contributed by atoms with Gasteiger partial charge in [-0.3, -0.25) is 0 Å². The zero-order valence-electron chi connectivity index (χ0n) is 17.1. The lowest BCUT2D eigenvalue weighted by Crippen LogP contribution is -2.19. The molecule has 1 aromatic heterocycles. The van der Waals surface area contributed by atoms with Crippen molar-refractivity contribution in [2.45, 2.75) is 6.18 Å². The number of benzene rings is 4. The summed E-state index contributed by atoms with van der Waals surface area (Å²) in [4.78, 5) is 11.1. The maximum Gasteiger partial charge on any atom is 0.435 e. The quantitative estimate of drug-likeness (QED) is 0.317. The van der Waals surface area contributed by atoms with Crippen molar-refractivity contribution in [1.29, 1.82) is 0 Å². The van der Waals surface area contributed by atoms with Crippen molar-refractivity contribution < 1.29 is 18.0 Å². The molecule has 5 rings (SSSR count). The average Bonchev–Trinajstić information content (AvgIpc) is 3.24. The van der Waals surface area contributed by atoms with E-state index in [-0.39, 0.29) is 0 Å². The largest absolute Gasteiger partial charge is 0.435 e. The fraction of sp³-hybridized carbons (Fsp3) is 0.0400. The van der Waals surface area contributed by atoms with E-state index in [4.69, 9.17) is 5.73 Å². The molecular formula is C25H17F3N4O. The molecule has 8 heteroatoms. The second-order valence-corrected chi connectivity index (χ2v) is 7.55. The number of carbonyl (C=O) groups is 1. The van der Waals surface area contributed by atoms with Crippen LogP contribution in [0.2, 0.25) is 0 Å². The van der Waals surface area contributed by atoms with Gasteiger partial charge in [-0.2, -0.15) is 18.3 Å². The zero-order valence-corrected chi connectivity index (χ0v) is 17.1. The van der Waals surface area contributed by atoms with Gasteiger partial charge in [-0.25, -0.2) is 9.48 Å². The molecule has 33 heavy (non-hydrogen) atoms. The minimum Gasteiger partial charge on any atom is -0.351 e. The number of nitrogens with two attached hydrogens (primary N) is 1. The van der Waals surface area contributed by atoms with Gasteiger partial charge in [-0.1, -0.05) is 54.6 Å². The van der Waals surface area contributed by atoms with Crippen LogP contribution in [0.3, 0.4) is 0 Å². The predicted octanol–water partition coefficient (Wildman–Crippen LogP) is 6.36. The minimum absolute atomic E-state index is 0.305. The number of hydrogen-bond acceptors (Lipinski definition) is 2. The van der Waals surface area contributed by atoms with E-state index in [2.05, 4.69) is 10.4 Å². The summed E-state index contributed by atoms with van der Waals surface area (Å²) in [7, 11) is 0. The van der Waals surface area contributed by atoms with Gasteiger partial charge in [0, 0.05) is 11.3 Å². The Labute approximate surface area is 186 Å². The second-order valence-electron chi connectivity index (χ2n) is 7.55. The average molecular weight is 446 g/mol. The van der Waals surface area contributed by atoms with Gasteiger partial charge in [0.25, 0.3) is 0 Å². The second kappa shape index (κ2) is 7.67. The van der Waals surface area contributed by atoms with Crippen LogP contribution in [0, 0.1) is 0 Å². The van der Waals surface area contributed by atoms with Crippen LogP contribution in [0.4, 0.5) is 23.7 Å². The Morgan fingerprint density at radius 1 is 0.879 bits per heavy atom. The smallest absolute Gasteiger partial charge is 0.351 e. The third-order valence-electron chi connectivity index (χ3n) is 5.42. The van der Waals surface area contributed by atoms with Crippen molar-refractivity contribution in [2.75, 3.05) is 5.32 Å². The molecule has 4 aromatic carbocycles. The molecule has 0 bridgehead atoms. The number of primary amides is 1. The summed E-state index contributed by atoms with van der Waals surface area (Å²) >= 11 is 0. The predicted molar refractivity (Wildman–Crippen MR) is 122 cm³/mol. The molecule has 3 N–H and O–H groups in total. The van der Waals surface area contributed by atoms with Gasteiger partial charge in [-0.15, -0.1) is 0 Å². The van der Waals surface area contributed by atoms with Gasteiger partial charge < -0.3 is 11.1 Å². The molecule has 5 aromatic rings. The summed E-state index contributed by atoms with van der Waals surface area (Å²) in [5.41, 5.74) is 5.91. The van der Waals surface area contributed by atoms with E-state index in [0.717, 1.165) is 27.6 Å². The van der Waals surface area contributed by atoms with Crippen LogP contribution in [-0.4, -0.2) is 15.8 Å². The molecule has 0 unspecified atom stereocenters. The molecule has 5 nitrogen and oxygen atoms in total. The van der Waals surface area contributed by atoms with E-state index in [0.29, 0.717) is 22.6 Å². The molecule has 1 heterocycles. The van der Waals surface area contributed by atoms with Crippen LogP contribution in [0.5, 0.6) is 0 Å². The zero-order chi connectivity index (χ0) is 23.2. The van der Waals surface area contributed by atoms with Crippen molar-refractivity contribution >= 4 is 33.3 Å². The number of nitrogens with zero attached hydrogens (tertiary/aromatic N) is 2. The molecule has 164 valence electrons. The third-order valence-corrected chi connectivity index (χ3v) is 5.42. The van der Waals surface area contributed by atoms with Crippen molar-refractivity contribution in [3.63, 3.8) is 0 Å². The van der Waals surface area contributed by atoms with E-state index in [1.165, 1.54) is 4.68 Å². The van der Waals surface area contributed by atoms with Crippen LogP contribution < -0.4 is 11.1 Å². The Hall–Kier alpha value is -4.33. The first-order valence-corrected chi connectivity index (χ1v) is 10.1. The molecule has 0 fully saturated rings. The molecule has 2 amide bonds. The molecule has 0 aliphatic carbocycles. The number of urea groups is 1. The van der Waals surface area contributed by atoms with Crippen LogP contribution in [0.25, 0.3) is 38.5 Å². The van der Waals surface area contributed by atoms with Gasteiger partial charge in [0.2, 0.25) is 0 Å². The molecule has 0 aliphatic heterocycles. The fourth-order valence-corrected chi connectivity index (χ4v) is 4.01. The summed E-state index contributed by atoms with van der Waals surface area (Å²) in [5.74, 6) is 0. The van der Waals surface area contributed by atoms with Crippen LogP contribution in [0.1, 0.15) is 5.69 Å². The Morgan fingerprint density at radius 3 is 2.30 bits per heavy atom. The topological polar surface area (TPSA) is 72.9 Å². The lowest BCUT2D eigenvalue weighted by Gasteiger charge is -2.13. The minimum atomic E-state index is -4.61. The third kappa shape index (κ3) is 3.76. The van der Waals surface area contributed by atoms with Crippen molar-refractivity contribution in [3.05, 3.63) is 90.6 Å². The highest BCUT2D eigenvalue weighted by molar-refractivity contribution is 6.14. The monoisotopic (exact) mass is 446 g/mol. The first-order valence-electron chi connectivity index (χ1n) is 10.1. The first-order chi connectivity index (χ1) is 15.8. The highest BCUT2D eigenvalue weighted by Crippen LogP contribution is 2.38. The summed E-state index contributed by atoms with van der Waals surface area (Å²) in [6, 6.07) is 23.8. The number of anilines is 1. The van der Waals surface area contributed by atoms with Crippen LogP contribution in [-0.2, 0) is 6.18 Å². The van der Waals surface area contributed by atoms with Crippen LogP contribution in [0.15, 0.2) is 84.9 Å². The molecule has 0 radical (unpaired) electrons. The molecule has 0 saturated heterocycles. The highest BCUT2D eigenvalue weighted by Gasteiger charge is 2.35. The number of hydrogen-bond donors (Lipinski definition) is 2. The number of amides is 2. The van der Waals surface area contributed by atoms with Gasteiger partial charge in [0.15, 0.2) is 5.69 Å². The number of halogens is 3. The summed E-state index contributed by atoms with van der Waals surface area (Å²) in [6.45, 7) is 0. The molecule has 0 spiro atoms. The number of fused-ring (bicyclic) bond motifs is 3. The van der Waals surface area contributed by atoms with Crippen LogP contribution >= 0.6 is 0 Å². The number of nitrogens with one attached hydrogen (secondary N) is 1. The Morgan fingerprint density at radius 2 is 1.58 bits per heavy atom. The van der Waals surface area contributed by atoms with E-state index < -0.39 is 17.9 Å². The number of rotatable bonds is 3. The highest BCUT2D eigenvalue weighted by atomic mass is 19.4. The lowest BCUT2D eigenvalue weighted by molar-refractivity contribution is -0.141. The van der Waals surface area contributed by atoms with Gasteiger partial charge in [-0.05, 0) is 51.9 Å². The van der Waals surface area contributed by atoms with Crippen molar-refractivity contribution in [2.24, 2.45) is 5.73 Å². The van der Waals surface area contributed by atoms with E-state index >= 15 is 0 Å². The van der Waals surface area contributed by atoms with Crippen molar-refractivity contribution in [1.82, 2.24) is 9.78 Å². The number of carbonyl (C=O) groups excluding carboxylic acids is 1. The van der Waals surface area contributed by atoms with Crippen molar-refractivity contribution in [3.8, 4) is 16.9 Å². The van der Waals surface area contributed by atoms with E-state index in [9.17, 15) is 18.0 Å². The number of aromatic nitrogens is 2. The Kier molecular flexibility index (Phi) is 4.78. The standard InChI is InChI=1S/C25H17F3N4O/c26-25(27,28)22-14-21(32(31-22)18-12-10-17(11-13-18)30-24(29)33)20-7-3-5-16-9-8-15-4-1-2-6-19(15)23(16)20/h1-14H,(H3,29,30,33). The SMILES string of the molecule is NC(=O)Nc1ccc(-n2nc(C(F)(F)F)cc2-c2cccc3ccc4ccccc4c23)cc1. The van der Waals surface area contributed by atoms with E-state index in [1.54, 1.807) is 30.3 Å². The molecule has 0 saturated carbocycles.